The highest BCUT2D eigenvalue weighted by Gasteiger charge is 2.08. The zero-order chi connectivity index (χ0) is 19.9. The second-order valence-electron chi connectivity index (χ2n) is 5.88. The van der Waals surface area contributed by atoms with Gasteiger partial charge in [0.1, 0.15) is 5.75 Å². The number of hydrogen-bond donors (Lipinski definition) is 2. The number of nitrogens with one attached hydrogen (secondary N) is 1. The van der Waals surface area contributed by atoms with E-state index in [4.69, 9.17) is 9.88 Å². The maximum atomic E-state index is 11.8. The van der Waals surface area contributed by atoms with Crippen molar-refractivity contribution in [3.63, 3.8) is 0 Å². The third-order valence-electron chi connectivity index (χ3n) is 3.86. The Labute approximate surface area is 158 Å². The van der Waals surface area contributed by atoms with Crippen molar-refractivity contribution in [3.8, 4) is 5.75 Å². The number of rotatable bonds is 9. The molecule has 27 heavy (non-hydrogen) atoms. The highest BCUT2D eigenvalue weighted by molar-refractivity contribution is 7.89. The van der Waals surface area contributed by atoms with Gasteiger partial charge in [-0.2, -0.15) is 0 Å². The molecule has 0 radical (unpaired) electrons. The predicted molar refractivity (Wildman–Crippen MR) is 101 cm³/mol. The van der Waals surface area contributed by atoms with E-state index in [9.17, 15) is 18.0 Å². The lowest BCUT2D eigenvalue weighted by Gasteiger charge is -2.08. The van der Waals surface area contributed by atoms with Crippen molar-refractivity contribution in [2.45, 2.75) is 24.7 Å². The summed E-state index contributed by atoms with van der Waals surface area (Å²) in [4.78, 5) is 23.4. The van der Waals surface area contributed by atoms with E-state index in [0.717, 1.165) is 5.56 Å². The van der Waals surface area contributed by atoms with Crippen LogP contribution >= 0.6 is 0 Å². The molecule has 1 amide bonds. The number of ether oxygens (including phenoxy) is 1. The van der Waals surface area contributed by atoms with E-state index >= 15 is 0 Å². The molecule has 0 aliphatic rings. The van der Waals surface area contributed by atoms with Gasteiger partial charge in [0.15, 0.2) is 12.4 Å². The maximum absolute atomic E-state index is 11.8. The monoisotopic (exact) mass is 390 g/mol. The lowest BCUT2D eigenvalue weighted by Crippen LogP contribution is -2.30. The average molecular weight is 390 g/mol. The van der Waals surface area contributed by atoms with Crippen LogP contribution in [0.15, 0.2) is 53.4 Å². The molecular formula is C19H22N2O5S. The summed E-state index contributed by atoms with van der Waals surface area (Å²) in [6, 6.07) is 12.8. The van der Waals surface area contributed by atoms with Crippen LogP contribution in [0.4, 0.5) is 0 Å². The van der Waals surface area contributed by atoms with Crippen molar-refractivity contribution in [2.24, 2.45) is 5.14 Å². The lowest BCUT2D eigenvalue weighted by molar-refractivity contribution is -0.123. The molecule has 2 aromatic rings. The number of primary sulfonamides is 1. The number of amides is 1. The normalized spacial score (nSPS) is 11.0. The Morgan fingerprint density at radius 3 is 2.22 bits per heavy atom. The first-order valence-corrected chi connectivity index (χ1v) is 9.98. The van der Waals surface area contributed by atoms with Crippen molar-refractivity contribution in [1.82, 2.24) is 5.32 Å². The molecule has 0 aliphatic heterocycles. The first-order valence-electron chi connectivity index (χ1n) is 8.44. The molecule has 0 bridgehead atoms. The highest BCUT2D eigenvalue weighted by atomic mass is 32.2. The third-order valence-corrected chi connectivity index (χ3v) is 4.78. The molecular weight excluding hydrogens is 368 g/mol. The Hall–Kier alpha value is -2.71. The fraction of sp³-hybridized carbons (Fsp3) is 0.263. The molecule has 0 spiro atoms. The van der Waals surface area contributed by atoms with Crippen LogP contribution in [-0.2, 0) is 21.2 Å². The molecule has 0 heterocycles. The number of carbonyl (C=O) groups excluding carboxylic acids is 2. The van der Waals surface area contributed by atoms with Crippen LogP contribution in [0.25, 0.3) is 0 Å². The van der Waals surface area contributed by atoms with Crippen LogP contribution in [0.2, 0.25) is 0 Å². The van der Waals surface area contributed by atoms with Crippen molar-refractivity contribution in [1.29, 1.82) is 0 Å². The highest BCUT2D eigenvalue weighted by Crippen LogP contribution is 2.13. The van der Waals surface area contributed by atoms with E-state index in [2.05, 4.69) is 5.32 Å². The van der Waals surface area contributed by atoms with Gasteiger partial charge in [-0.1, -0.05) is 19.1 Å². The number of benzene rings is 2. The largest absolute Gasteiger partial charge is 0.484 e. The van der Waals surface area contributed by atoms with Crippen molar-refractivity contribution in [2.75, 3.05) is 13.2 Å². The minimum absolute atomic E-state index is 0.0512. The Bertz CT molecular complexity index is 891. The summed E-state index contributed by atoms with van der Waals surface area (Å²) in [5.41, 5.74) is 1.49. The first-order chi connectivity index (χ1) is 12.8. The van der Waals surface area contributed by atoms with Crippen LogP contribution in [-0.4, -0.2) is 33.3 Å². The Morgan fingerprint density at radius 1 is 1.04 bits per heavy atom. The van der Waals surface area contributed by atoms with Crippen LogP contribution in [0, 0.1) is 0 Å². The van der Waals surface area contributed by atoms with Crippen LogP contribution in [0.3, 0.4) is 0 Å². The van der Waals surface area contributed by atoms with E-state index in [1.807, 2.05) is 0 Å². The zero-order valence-corrected chi connectivity index (χ0v) is 15.8. The van der Waals surface area contributed by atoms with Gasteiger partial charge in [-0.15, -0.1) is 0 Å². The number of ketones is 1. The van der Waals surface area contributed by atoms with E-state index < -0.39 is 10.0 Å². The topological polar surface area (TPSA) is 116 Å². The van der Waals surface area contributed by atoms with Crippen molar-refractivity contribution < 1.29 is 22.7 Å². The van der Waals surface area contributed by atoms with Gasteiger partial charge in [0.05, 0.1) is 4.90 Å². The summed E-state index contributed by atoms with van der Waals surface area (Å²) in [6.07, 6.45) is 0.984. The summed E-state index contributed by atoms with van der Waals surface area (Å²) in [6.45, 7) is 2.05. The minimum atomic E-state index is -3.70. The van der Waals surface area contributed by atoms with Gasteiger partial charge in [0.25, 0.3) is 5.91 Å². The molecule has 144 valence electrons. The van der Waals surface area contributed by atoms with Gasteiger partial charge in [0.2, 0.25) is 10.0 Å². The summed E-state index contributed by atoms with van der Waals surface area (Å²) in [5, 5.41) is 7.77. The second-order valence-corrected chi connectivity index (χ2v) is 7.44. The molecule has 8 heteroatoms. The molecule has 0 aliphatic carbocycles. The van der Waals surface area contributed by atoms with Gasteiger partial charge in [-0.25, -0.2) is 13.6 Å². The van der Waals surface area contributed by atoms with Crippen LogP contribution < -0.4 is 15.2 Å². The molecule has 0 fully saturated rings. The molecule has 2 rings (SSSR count). The number of Topliss-reactive ketones (excluding diaryl/α,β-unsaturated/α-hetero) is 1. The average Bonchev–Trinajstić information content (AvgIpc) is 2.66. The smallest absolute Gasteiger partial charge is 0.257 e. The molecule has 0 aromatic heterocycles. The van der Waals surface area contributed by atoms with Gasteiger partial charge in [-0.3, -0.25) is 9.59 Å². The van der Waals surface area contributed by atoms with Gasteiger partial charge in [-0.05, 0) is 48.4 Å². The summed E-state index contributed by atoms with van der Waals surface area (Å²) in [5.74, 6) is 0.289. The lowest BCUT2D eigenvalue weighted by atomic mass is 10.1. The predicted octanol–water partition coefficient (Wildman–Crippen LogP) is 1.66. The molecule has 3 N–H and O–H groups in total. The number of sulfonamides is 1. The SMILES string of the molecule is CCC(=O)c1ccc(OCC(=O)NCCc2ccc(S(N)(=O)=O)cc2)cc1. The first kappa shape index (κ1) is 20.6. The van der Waals surface area contributed by atoms with Crippen LogP contribution in [0.1, 0.15) is 29.3 Å². The van der Waals surface area contributed by atoms with Crippen LogP contribution in [0.5, 0.6) is 5.75 Å². The number of nitrogens with two attached hydrogens (primary N) is 1. The molecule has 0 unspecified atom stereocenters. The fourth-order valence-electron chi connectivity index (χ4n) is 2.33. The minimum Gasteiger partial charge on any atom is -0.484 e. The molecule has 0 saturated heterocycles. The van der Waals surface area contributed by atoms with E-state index in [0.29, 0.717) is 30.7 Å². The van der Waals surface area contributed by atoms with E-state index in [1.54, 1.807) is 43.3 Å². The third kappa shape index (κ3) is 6.50. The van der Waals surface area contributed by atoms with Gasteiger partial charge >= 0.3 is 0 Å². The molecule has 0 atom stereocenters. The fourth-order valence-corrected chi connectivity index (χ4v) is 2.85. The summed E-state index contributed by atoms with van der Waals surface area (Å²) in [7, 11) is -3.70. The Kier molecular flexibility index (Phi) is 7.09. The Morgan fingerprint density at radius 2 is 1.67 bits per heavy atom. The van der Waals surface area contributed by atoms with Gasteiger partial charge < -0.3 is 10.1 Å². The van der Waals surface area contributed by atoms with Crippen molar-refractivity contribution >= 4 is 21.7 Å². The maximum Gasteiger partial charge on any atom is 0.257 e. The molecule has 7 nitrogen and oxygen atoms in total. The van der Waals surface area contributed by atoms with E-state index in [1.165, 1.54) is 12.1 Å². The van der Waals surface area contributed by atoms with Crippen molar-refractivity contribution in [3.05, 3.63) is 59.7 Å². The molecule has 0 saturated carbocycles. The number of carbonyl (C=O) groups is 2. The number of hydrogen-bond acceptors (Lipinski definition) is 5. The van der Waals surface area contributed by atoms with E-state index in [-0.39, 0.29) is 23.2 Å². The zero-order valence-electron chi connectivity index (χ0n) is 15.0. The molecule has 2 aromatic carbocycles. The Balaban J connectivity index is 1.74. The standard InChI is InChI=1S/C19H22N2O5S/c1-2-18(22)15-5-7-16(8-6-15)26-13-19(23)21-12-11-14-3-9-17(10-4-14)27(20,24)25/h3-10H,2,11-13H2,1H3,(H,21,23)(H2,20,24,25). The quantitative estimate of drug-likeness (QED) is 0.632. The summed E-state index contributed by atoms with van der Waals surface area (Å²) < 4.78 is 27.8. The van der Waals surface area contributed by atoms with Gasteiger partial charge in [0, 0.05) is 18.5 Å². The second kappa shape index (κ2) is 9.29. The summed E-state index contributed by atoms with van der Waals surface area (Å²) >= 11 is 0.